The molecule has 0 unspecified atom stereocenters. The zero-order valence-corrected chi connectivity index (χ0v) is 9.34. The first-order valence-electron chi connectivity index (χ1n) is 4.97. The third-order valence-electron chi connectivity index (χ3n) is 2.71. The van der Waals surface area contributed by atoms with Crippen LogP contribution >= 0.6 is 11.6 Å². The van der Waals surface area contributed by atoms with E-state index in [4.69, 9.17) is 16.3 Å². The first kappa shape index (κ1) is 10.6. The van der Waals surface area contributed by atoms with Gasteiger partial charge in [-0.25, -0.2) is 0 Å². The van der Waals surface area contributed by atoms with E-state index in [1.54, 1.807) is 12.1 Å². The normalized spacial score (nSPS) is 16.1. The zero-order chi connectivity index (χ0) is 10.8. The second kappa shape index (κ2) is 4.29. The fourth-order valence-corrected chi connectivity index (χ4v) is 1.97. The molecule has 0 aliphatic carbocycles. The van der Waals surface area contributed by atoms with Crippen molar-refractivity contribution in [3.63, 3.8) is 0 Å². The Balaban J connectivity index is 2.24. The molecule has 3 nitrogen and oxygen atoms in total. The number of benzene rings is 1. The average Bonchev–Trinajstić information content (AvgIpc) is 2.16. The van der Waals surface area contributed by atoms with Crippen LogP contribution in [-0.2, 0) is 6.42 Å². The number of rotatable bonds is 3. The van der Waals surface area contributed by atoms with Gasteiger partial charge in [0, 0.05) is 11.1 Å². The summed E-state index contributed by atoms with van der Waals surface area (Å²) in [5.41, 5.74) is 0.867. The van der Waals surface area contributed by atoms with Crippen LogP contribution in [0.3, 0.4) is 0 Å². The van der Waals surface area contributed by atoms with Crippen molar-refractivity contribution in [1.29, 1.82) is 0 Å². The predicted molar refractivity (Wildman–Crippen MR) is 59.7 cm³/mol. The molecule has 1 aliphatic heterocycles. The third kappa shape index (κ3) is 2.19. The lowest BCUT2D eigenvalue weighted by molar-refractivity contribution is 0.335. The van der Waals surface area contributed by atoms with Gasteiger partial charge in [0.1, 0.15) is 0 Å². The number of methoxy groups -OCH3 is 1. The smallest absolute Gasteiger partial charge is 0.162 e. The van der Waals surface area contributed by atoms with Gasteiger partial charge < -0.3 is 15.2 Å². The SMILES string of the molecule is COc1cc(Cl)cc(CC2CNC2)c1O. The minimum atomic E-state index is 0.216. The molecule has 1 heterocycles. The Bertz CT molecular complexity index is 364. The molecular weight excluding hydrogens is 214 g/mol. The van der Waals surface area contributed by atoms with Gasteiger partial charge in [-0.3, -0.25) is 0 Å². The second-order valence-electron chi connectivity index (χ2n) is 3.84. The number of phenolic OH excluding ortho intramolecular Hbond substituents is 1. The molecule has 1 aromatic carbocycles. The van der Waals surface area contributed by atoms with E-state index < -0.39 is 0 Å². The Labute approximate surface area is 94.0 Å². The number of halogens is 1. The van der Waals surface area contributed by atoms with Gasteiger partial charge in [0.25, 0.3) is 0 Å². The molecule has 1 aliphatic rings. The quantitative estimate of drug-likeness (QED) is 0.828. The standard InChI is InChI=1S/C11H14ClNO2/c1-15-10-4-9(12)3-8(11(10)14)2-7-5-13-6-7/h3-4,7,13-14H,2,5-6H2,1H3. The van der Waals surface area contributed by atoms with Gasteiger partial charge in [-0.2, -0.15) is 0 Å². The molecule has 0 spiro atoms. The molecular formula is C11H14ClNO2. The van der Waals surface area contributed by atoms with Gasteiger partial charge in [0.15, 0.2) is 11.5 Å². The first-order chi connectivity index (χ1) is 7.20. The Morgan fingerprint density at radius 1 is 1.53 bits per heavy atom. The second-order valence-corrected chi connectivity index (χ2v) is 4.28. The maximum atomic E-state index is 9.88. The summed E-state index contributed by atoms with van der Waals surface area (Å²) >= 11 is 5.94. The van der Waals surface area contributed by atoms with E-state index in [0.29, 0.717) is 16.7 Å². The first-order valence-corrected chi connectivity index (χ1v) is 5.34. The van der Waals surface area contributed by atoms with E-state index in [9.17, 15) is 5.11 Å². The lowest BCUT2D eigenvalue weighted by Gasteiger charge is -2.27. The molecule has 0 aromatic heterocycles. The van der Waals surface area contributed by atoms with Gasteiger partial charge >= 0.3 is 0 Å². The molecule has 2 N–H and O–H groups in total. The van der Waals surface area contributed by atoms with Crippen LogP contribution in [0.15, 0.2) is 12.1 Å². The van der Waals surface area contributed by atoms with Gasteiger partial charge in [0.05, 0.1) is 7.11 Å². The van der Waals surface area contributed by atoms with E-state index in [2.05, 4.69) is 5.32 Å². The van der Waals surface area contributed by atoms with E-state index in [1.165, 1.54) is 7.11 Å². The topological polar surface area (TPSA) is 41.5 Å². The molecule has 0 amide bonds. The van der Waals surface area contributed by atoms with Crippen molar-refractivity contribution in [3.8, 4) is 11.5 Å². The van der Waals surface area contributed by atoms with Crippen molar-refractivity contribution in [3.05, 3.63) is 22.7 Å². The highest BCUT2D eigenvalue weighted by Gasteiger charge is 2.20. The van der Waals surface area contributed by atoms with Crippen molar-refractivity contribution in [1.82, 2.24) is 5.32 Å². The zero-order valence-electron chi connectivity index (χ0n) is 8.59. The van der Waals surface area contributed by atoms with E-state index >= 15 is 0 Å². The van der Waals surface area contributed by atoms with Crippen molar-refractivity contribution < 1.29 is 9.84 Å². The lowest BCUT2D eigenvalue weighted by atomic mass is 9.94. The summed E-state index contributed by atoms with van der Waals surface area (Å²) in [6, 6.07) is 3.43. The van der Waals surface area contributed by atoms with Crippen LogP contribution < -0.4 is 10.1 Å². The van der Waals surface area contributed by atoms with Gasteiger partial charge in [-0.05, 0) is 37.1 Å². The number of hydrogen-bond donors (Lipinski definition) is 2. The molecule has 82 valence electrons. The molecule has 0 atom stereocenters. The van der Waals surface area contributed by atoms with Crippen LogP contribution in [0.25, 0.3) is 0 Å². The molecule has 15 heavy (non-hydrogen) atoms. The molecule has 1 saturated heterocycles. The number of nitrogens with one attached hydrogen (secondary N) is 1. The van der Waals surface area contributed by atoms with E-state index in [-0.39, 0.29) is 5.75 Å². The minimum Gasteiger partial charge on any atom is -0.504 e. The lowest BCUT2D eigenvalue weighted by Crippen LogP contribution is -2.43. The summed E-state index contributed by atoms with van der Waals surface area (Å²) in [6.45, 7) is 2.02. The maximum absolute atomic E-state index is 9.88. The summed E-state index contributed by atoms with van der Waals surface area (Å²) in [6.07, 6.45) is 0.843. The van der Waals surface area contributed by atoms with Crippen molar-refractivity contribution in [2.24, 2.45) is 5.92 Å². The van der Waals surface area contributed by atoms with Crippen LogP contribution in [0.5, 0.6) is 11.5 Å². The largest absolute Gasteiger partial charge is 0.504 e. The fourth-order valence-electron chi connectivity index (χ4n) is 1.74. The number of hydrogen-bond acceptors (Lipinski definition) is 3. The fraction of sp³-hybridized carbons (Fsp3) is 0.455. The molecule has 4 heteroatoms. The number of ether oxygens (including phenoxy) is 1. The number of aromatic hydroxyl groups is 1. The highest BCUT2D eigenvalue weighted by molar-refractivity contribution is 6.30. The number of phenols is 1. The summed E-state index contributed by atoms with van der Waals surface area (Å²) in [7, 11) is 1.53. The summed E-state index contributed by atoms with van der Waals surface area (Å²) in [5.74, 6) is 1.26. The van der Waals surface area contributed by atoms with Gasteiger partial charge in [-0.1, -0.05) is 11.6 Å². The van der Waals surface area contributed by atoms with Crippen molar-refractivity contribution >= 4 is 11.6 Å². The van der Waals surface area contributed by atoms with Crippen LogP contribution in [0.4, 0.5) is 0 Å². The summed E-state index contributed by atoms with van der Waals surface area (Å²) < 4.78 is 5.05. The van der Waals surface area contributed by atoms with E-state index in [1.807, 2.05) is 0 Å². The molecule has 1 aromatic rings. The molecule has 0 bridgehead atoms. The van der Waals surface area contributed by atoms with Crippen LogP contribution in [0.1, 0.15) is 5.56 Å². The van der Waals surface area contributed by atoms with Gasteiger partial charge in [0.2, 0.25) is 0 Å². The minimum absolute atomic E-state index is 0.216. The Morgan fingerprint density at radius 2 is 2.27 bits per heavy atom. The Hall–Kier alpha value is -0.930. The summed E-state index contributed by atoms with van der Waals surface area (Å²) in [5, 5.41) is 13.7. The van der Waals surface area contributed by atoms with E-state index in [0.717, 1.165) is 25.1 Å². The highest BCUT2D eigenvalue weighted by Crippen LogP contribution is 2.35. The van der Waals surface area contributed by atoms with Crippen LogP contribution in [0, 0.1) is 5.92 Å². The Morgan fingerprint density at radius 3 is 2.80 bits per heavy atom. The predicted octanol–water partition coefficient (Wildman–Crippen LogP) is 1.82. The van der Waals surface area contributed by atoms with Crippen LogP contribution in [-0.4, -0.2) is 25.3 Å². The third-order valence-corrected chi connectivity index (χ3v) is 2.93. The average molecular weight is 228 g/mol. The molecule has 0 radical (unpaired) electrons. The van der Waals surface area contributed by atoms with Gasteiger partial charge in [-0.15, -0.1) is 0 Å². The molecule has 0 saturated carbocycles. The van der Waals surface area contributed by atoms with Crippen molar-refractivity contribution in [2.45, 2.75) is 6.42 Å². The molecule has 2 rings (SSSR count). The highest BCUT2D eigenvalue weighted by atomic mass is 35.5. The summed E-state index contributed by atoms with van der Waals surface area (Å²) in [4.78, 5) is 0. The monoisotopic (exact) mass is 227 g/mol. The Kier molecular flexibility index (Phi) is 3.03. The molecule has 1 fully saturated rings. The van der Waals surface area contributed by atoms with Crippen molar-refractivity contribution in [2.75, 3.05) is 20.2 Å². The maximum Gasteiger partial charge on any atom is 0.162 e. The van der Waals surface area contributed by atoms with Crippen LogP contribution in [0.2, 0.25) is 5.02 Å².